The van der Waals surface area contributed by atoms with Gasteiger partial charge in [0.05, 0.1) is 16.8 Å². The van der Waals surface area contributed by atoms with E-state index >= 15 is 0 Å². The quantitative estimate of drug-likeness (QED) is 0.782. The molecule has 4 rings (SSSR count). The molecule has 1 N–H and O–H groups in total. The molecule has 3 aromatic heterocycles. The van der Waals surface area contributed by atoms with Gasteiger partial charge in [-0.25, -0.2) is 0 Å². The molecule has 3 aromatic rings. The second-order valence-corrected chi connectivity index (χ2v) is 6.64. The lowest BCUT2D eigenvalue weighted by Crippen LogP contribution is -2.24. The molecule has 0 saturated carbocycles. The summed E-state index contributed by atoms with van der Waals surface area (Å²) < 4.78 is 6.02. The van der Waals surface area contributed by atoms with Crippen LogP contribution in [-0.4, -0.2) is 39.3 Å². The summed E-state index contributed by atoms with van der Waals surface area (Å²) in [6.07, 6.45) is 6.76. The van der Waals surface area contributed by atoms with Crippen molar-refractivity contribution in [2.24, 2.45) is 0 Å². The minimum atomic E-state index is 0.245. The Kier molecular flexibility index (Phi) is 4.08. The number of hydrogen-bond acceptors (Lipinski definition) is 5. The van der Waals surface area contributed by atoms with Crippen LogP contribution in [0.2, 0.25) is 0 Å². The molecule has 6 heteroatoms. The number of ether oxygens (including phenoxy) is 1. The van der Waals surface area contributed by atoms with Crippen LogP contribution in [0.3, 0.4) is 0 Å². The summed E-state index contributed by atoms with van der Waals surface area (Å²) in [5.74, 6) is 0.898. The second kappa shape index (κ2) is 6.52. The van der Waals surface area contributed by atoms with Crippen LogP contribution in [0.4, 0.5) is 0 Å². The summed E-state index contributed by atoms with van der Waals surface area (Å²) >= 11 is 1.73. The van der Waals surface area contributed by atoms with Gasteiger partial charge in [0.1, 0.15) is 11.9 Å². The van der Waals surface area contributed by atoms with Crippen LogP contribution < -0.4 is 4.74 Å². The van der Waals surface area contributed by atoms with Gasteiger partial charge in [-0.3, -0.25) is 15.0 Å². The maximum Gasteiger partial charge on any atom is 0.122 e. The molecule has 1 saturated heterocycles. The molecule has 0 spiro atoms. The van der Waals surface area contributed by atoms with Crippen LogP contribution in [0.25, 0.3) is 10.6 Å². The van der Waals surface area contributed by atoms with Gasteiger partial charge in [-0.1, -0.05) is 6.07 Å². The highest BCUT2D eigenvalue weighted by Gasteiger charge is 2.25. The van der Waals surface area contributed by atoms with Crippen LogP contribution in [0.15, 0.2) is 48.2 Å². The first-order valence-corrected chi connectivity index (χ1v) is 8.61. The van der Waals surface area contributed by atoms with Crippen molar-refractivity contribution in [1.82, 2.24) is 20.1 Å². The molecular formula is C17H18N4OS. The molecule has 1 aliphatic rings. The number of thiophene rings is 1. The first kappa shape index (κ1) is 14.4. The lowest BCUT2D eigenvalue weighted by Gasteiger charge is -2.16. The Bertz CT molecular complexity index is 741. The Morgan fingerprint density at radius 1 is 1.30 bits per heavy atom. The van der Waals surface area contributed by atoms with Crippen molar-refractivity contribution < 1.29 is 4.74 Å². The average molecular weight is 326 g/mol. The summed E-state index contributed by atoms with van der Waals surface area (Å²) in [7, 11) is 0. The van der Waals surface area contributed by atoms with Crippen LogP contribution in [0.5, 0.6) is 5.75 Å². The van der Waals surface area contributed by atoms with Gasteiger partial charge in [0.25, 0.3) is 0 Å². The Morgan fingerprint density at radius 3 is 3.04 bits per heavy atom. The Morgan fingerprint density at radius 2 is 2.22 bits per heavy atom. The maximum atomic E-state index is 6.02. The predicted molar refractivity (Wildman–Crippen MR) is 90.4 cm³/mol. The molecule has 1 fully saturated rings. The molecule has 0 bridgehead atoms. The highest BCUT2D eigenvalue weighted by Crippen LogP contribution is 2.27. The third kappa shape index (κ3) is 3.28. The molecule has 23 heavy (non-hydrogen) atoms. The van der Waals surface area contributed by atoms with Crippen LogP contribution in [0, 0.1) is 0 Å². The first-order chi connectivity index (χ1) is 11.4. The van der Waals surface area contributed by atoms with Crippen molar-refractivity contribution in [3.05, 3.63) is 53.8 Å². The number of rotatable bonds is 5. The topological polar surface area (TPSA) is 54.0 Å². The summed E-state index contributed by atoms with van der Waals surface area (Å²) in [4.78, 5) is 7.68. The predicted octanol–water partition coefficient (Wildman–Crippen LogP) is 3.19. The second-order valence-electron chi connectivity index (χ2n) is 5.69. The van der Waals surface area contributed by atoms with Gasteiger partial charge in [-0.2, -0.15) is 5.10 Å². The van der Waals surface area contributed by atoms with E-state index in [1.807, 2.05) is 18.3 Å². The number of H-pyrrole nitrogens is 1. The van der Waals surface area contributed by atoms with E-state index in [-0.39, 0.29) is 6.10 Å². The fourth-order valence-electron chi connectivity index (χ4n) is 2.95. The van der Waals surface area contributed by atoms with E-state index in [1.165, 1.54) is 10.4 Å². The summed E-state index contributed by atoms with van der Waals surface area (Å²) in [5.41, 5.74) is 2.38. The normalized spacial score (nSPS) is 18.3. The minimum absolute atomic E-state index is 0.245. The van der Waals surface area contributed by atoms with Gasteiger partial charge in [-0.05, 0) is 30.0 Å². The average Bonchev–Trinajstić information content (AvgIpc) is 3.30. The van der Waals surface area contributed by atoms with E-state index in [0.717, 1.165) is 37.5 Å². The van der Waals surface area contributed by atoms with Gasteiger partial charge in [0, 0.05) is 37.6 Å². The standard InChI is InChI=1S/C17H18N4OS/c1-2-16(23-9-1)17-13(10-19-20-17)11-21-8-5-15(12-21)22-14-3-6-18-7-4-14/h1-4,6-7,9-10,15H,5,8,11-12H2,(H,19,20). The fourth-order valence-corrected chi connectivity index (χ4v) is 3.71. The zero-order valence-corrected chi connectivity index (χ0v) is 13.5. The third-order valence-corrected chi connectivity index (χ3v) is 4.95. The van der Waals surface area contributed by atoms with Crippen LogP contribution in [-0.2, 0) is 6.54 Å². The molecule has 4 heterocycles. The number of aromatic nitrogens is 3. The number of likely N-dealkylation sites (tertiary alicyclic amines) is 1. The van der Waals surface area contributed by atoms with Gasteiger partial charge >= 0.3 is 0 Å². The molecule has 0 aliphatic carbocycles. The largest absolute Gasteiger partial charge is 0.489 e. The van der Waals surface area contributed by atoms with Crippen LogP contribution >= 0.6 is 11.3 Å². The molecule has 0 aromatic carbocycles. The summed E-state index contributed by atoms with van der Waals surface area (Å²) in [6, 6.07) is 8.02. The van der Waals surface area contributed by atoms with E-state index < -0.39 is 0 Å². The number of hydrogen-bond donors (Lipinski definition) is 1. The first-order valence-electron chi connectivity index (χ1n) is 7.73. The number of nitrogens with zero attached hydrogens (tertiary/aromatic N) is 3. The van der Waals surface area contributed by atoms with E-state index in [0.29, 0.717) is 0 Å². The lowest BCUT2D eigenvalue weighted by molar-refractivity contribution is 0.198. The van der Waals surface area contributed by atoms with E-state index in [4.69, 9.17) is 4.74 Å². The van der Waals surface area contributed by atoms with Crippen molar-refractivity contribution in [3.63, 3.8) is 0 Å². The number of aromatic amines is 1. The van der Waals surface area contributed by atoms with Crippen molar-refractivity contribution in [2.75, 3.05) is 13.1 Å². The number of nitrogens with one attached hydrogen (secondary N) is 1. The van der Waals surface area contributed by atoms with E-state index in [9.17, 15) is 0 Å². The highest BCUT2D eigenvalue weighted by atomic mass is 32.1. The molecule has 1 atom stereocenters. The Hall–Kier alpha value is -2.18. The smallest absolute Gasteiger partial charge is 0.122 e. The third-order valence-electron chi connectivity index (χ3n) is 4.06. The van der Waals surface area contributed by atoms with Gasteiger partial charge in [0.2, 0.25) is 0 Å². The summed E-state index contributed by atoms with van der Waals surface area (Å²) in [5, 5.41) is 9.44. The van der Waals surface area contributed by atoms with Crippen molar-refractivity contribution >= 4 is 11.3 Å². The maximum absolute atomic E-state index is 6.02. The molecule has 0 radical (unpaired) electrons. The Labute approximate surface area is 138 Å². The van der Waals surface area contributed by atoms with Gasteiger partial charge in [-0.15, -0.1) is 11.3 Å². The fraction of sp³-hybridized carbons (Fsp3) is 0.294. The monoisotopic (exact) mass is 326 g/mol. The zero-order chi connectivity index (χ0) is 15.5. The SMILES string of the molecule is c1csc(-c2[nH]ncc2CN2CCC(Oc3ccncc3)C2)c1. The van der Waals surface area contributed by atoms with Crippen molar-refractivity contribution in [3.8, 4) is 16.3 Å². The van der Waals surface area contributed by atoms with Crippen LogP contribution in [0.1, 0.15) is 12.0 Å². The molecule has 0 amide bonds. The van der Waals surface area contributed by atoms with Gasteiger partial charge in [0.15, 0.2) is 0 Å². The molecule has 1 aliphatic heterocycles. The van der Waals surface area contributed by atoms with Gasteiger partial charge < -0.3 is 4.74 Å². The van der Waals surface area contributed by atoms with E-state index in [1.54, 1.807) is 23.7 Å². The zero-order valence-electron chi connectivity index (χ0n) is 12.7. The Balaban J connectivity index is 1.39. The summed E-state index contributed by atoms with van der Waals surface area (Å²) in [6.45, 7) is 2.89. The van der Waals surface area contributed by atoms with Crippen molar-refractivity contribution in [2.45, 2.75) is 19.1 Å². The molecule has 1 unspecified atom stereocenters. The minimum Gasteiger partial charge on any atom is -0.489 e. The lowest BCUT2D eigenvalue weighted by atomic mass is 10.2. The van der Waals surface area contributed by atoms with Crippen molar-refractivity contribution in [1.29, 1.82) is 0 Å². The molecule has 118 valence electrons. The molecular weight excluding hydrogens is 308 g/mol. The molecule has 5 nitrogen and oxygen atoms in total. The van der Waals surface area contributed by atoms with E-state index in [2.05, 4.69) is 37.6 Å². The number of pyridine rings is 1. The highest BCUT2D eigenvalue weighted by molar-refractivity contribution is 7.13.